The molecule has 0 radical (unpaired) electrons. The van der Waals surface area contributed by atoms with Gasteiger partial charge < -0.3 is 15.4 Å². The lowest BCUT2D eigenvalue weighted by molar-refractivity contribution is -0.138. The molecule has 2 N–H and O–H groups in total. The normalized spacial score (nSPS) is 16.7. The van der Waals surface area contributed by atoms with Crippen LogP contribution in [0, 0.1) is 18.8 Å². The molecule has 0 aliphatic carbocycles. The van der Waals surface area contributed by atoms with Gasteiger partial charge >= 0.3 is 0 Å². The van der Waals surface area contributed by atoms with Crippen molar-refractivity contribution < 1.29 is 9.59 Å². The van der Waals surface area contributed by atoms with Crippen LogP contribution < -0.4 is 5.73 Å². The number of amides is 1. The molecule has 2 heterocycles. The van der Waals surface area contributed by atoms with Gasteiger partial charge in [0, 0.05) is 31.0 Å². The molecule has 6 nitrogen and oxygen atoms in total. The molecule has 0 saturated carbocycles. The fourth-order valence-corrected chi connectivity index (χ4v) is 3.75. The Kier molecular flexibility index (Phi) is 6.76. The lowest BCUT2D eigenvalue weighted by atomic mass is 9.90. The lowest BCUT2D eigenvalue weighted by Crippen LogP contribution is -2.41. The fourth-order valence-electron chi connectivity index (χ4n) is 3.43. The molecule has 1 amide bonds. The largest absolute Gasteiger partial charge is 0.383 e. The number of aryl methyl sites for hydroxylation is 1. The fraction of sp³-hybridized carbons (Fsp3) is 0.667. The van der Waals surface area contributed by atoms with E-state index in [1.54, 1.807) is 6.92 Å². The van der Waals surface area contributed by atoms with Gasteiger partial charge in [-0.15, -0.1) is 0 Å². The summed E-state index contributed by atoms with van der Waals surface area (Å²) in [5.41, 5.74) is 6.78. The van der Waals surface area contributed by atoms with Gasteiger partial charge in [0.15, 0.2) is 0 Å². The molecule has 2 rings (SSSR count). The number of ketones is 1. The van der Waals surface area contributed by atoms with E-state index < -0.39 is 0 Å². The molecular weight excluding hydrogens is 340 g/mol. The van der Waals surface area contributed by atoms with E-state index in [9.17, 15) is 9.59 Å². The SMILES string of the molecule is CC(=O)CC(C)C(=O)N1CCC(CCc2c(N)nc(C)nc2Cl)CC1. The van der Waals surface area contributed by atoms with E-state index in [2.05, 4.69) is 9.97 Å². The Labute approximate surface area is 154 Å². The number of carbonyl (C=O) groups excluding carboxylic acids is 2. The first kappa shape index (κ1) is 19.6. The maximum absolute atomic E-state index is 12.4. The molecular formula is C18H27ClN4O2. The van der Waals surface area contributed by atoms with Gasteiger partial charge in [-0.1, -0.05) is 18.5 Å². The third-order valence-electron chi connectivity index (χ3n) is 4.84. The van der Waals surface area contributed by atoms with Crippen LogP contribution in [-0.2, 0) is 16.0 Å². The van der Waals surface area contributed by atoms with Gasteiger partial charge in [-0.2, -0.15) is 0 Å². The summed E-state index contributed by atoms with van der Waals surface area (Å²) in [6, 6.07) is 0. The predicted molar refractivity (Wildman–Crippen MR) is 98.3 cm³/mol. The van der Waals surface area contributed by atoms with Crippen LogP contribution in [-0.4, -0.2) is 39.6 Å². The summed E-state index contributed by atoms with van der Waals surface area (Å²) < 4.78 is 0. The molecule has 138 valence electrons. The van der Waals surface area contributed by atoms with E-state index in [-0.39, 0.29) is 17.6 Å². The Morgan fingerprint density at radius 2 is 1.96 bits per heavy atom. The molecule has 1 fully saturated rings. The second-order valence-electron chi connectivity index (χ2n) is 7.04. The van der Waals surface area contributed by atoms with Gasteiger partial charge in [0.1, 0.15) is 22.6 Å². The number of nitrogen functional groups attached to an aromatic ring is 1. The summed E-state index contributed by atoms with van der Waals surface area (Å²) in [6.45, 7) is 6.63. The summed E-state index contributed by atoms with van der Waals surface area (Å²) in [6.07, 6.45) is 3.96. The second-order valence-corrected chi connectivity index (χ2v) is 7.40. The number of nitrogens with two attached hydrogens (primary N) is 1. The van der Waals surface area contributed by atoms with Gasteiger partial charge in [0.25, 0.3) is 0 Å². The molecule has 1 aliphatic rings. The maximum Gasteiger partial charge on any atom is 0.225 e. The third-order valence-corrected chi connectivity index (χ3v) is 5.16. The number of halogens is 1. The number of carbonyl (C=O) groups is 2. The number of anilines is 1. The molecule has 0 aromatic carbocycles. The summed E-state index contributed by atoms with van der Waals surface area (Å²) in [5, 5.41) is 0.440. The predicted octanol–water partition coefficient (Wildman–Crippen LogP) is 2.81. The standard InChI is InChI=1S/C18H27ClN4O2/c1-11(10-12(2)24)18(25)23-8-6-14(7-9-23)4-5-15-16(19)21-13(3)22-17(15)20/h11,14H,4-10H2,1-3H3,(H2,20,21,22). The van der Waals surface area contributed by atoms with Crippen molar-refractivity contribution in [3.63, 3.8) is 0 Å². The zero-order chi connectivity index (χ0) is 18.6. The maximum atomic E-state index is 12.4. The Balaban J connectivity index is 1.83. The van der Waals surface area contributed by atoms with E-state index in [0.29, 0.717) is 29.1 Å². The monoisotopic (exact) mass is 366 g/mol. The first-order valence-electron chi connectivity index (χ1n) is 8.84. The number of nitrogens with zero attached hydrogens (tertiary/aromatic N) is 3. The van der Waals surface area contributed by atoms with Gasteiger partial charge in [0.05, 0.1) is 0 Å². The molecule has 25 heavy (non-hydrogen) atoms. The van der Waals surface area contributed by atoms with Crippen molar-refractivity contribution in [2.24, 2.45) is 11.8 Å². The molecule has 1 saturated heterocycles. The molecule has 0 bridgehead atoms. The van der Waals surface area contributed by atoms with Gasteiger partial charge in [-0.25, -0.2) is 9.97 Å². The first-order chi connectivity index (χ1) is 11.8. The molecule has 7 heteroatoms. The number of rotatable bonds is 6. The molecule has 1 unspecified atom stereocenters. The second kappa shape index (κ2) is 8.61. The van der Waals surface area contributed by atoms with E-state index in [0.717, 1.165) is 44.3 Å². The number of likely N-dealkylation sites (tertiary alicyclic amines) is 1. The Bertz CT molecular complexity index is 619. The summed E-state index contributed by atoms with van der Waals surface area (Å²) in [7, 11) is 0. The van der Waals surface area contributed by atoms with Crippen LogP contribution in [0.5, 0.6) is 0 Å². The highest BCUT2D eigenvalue weighted by molar-refractivity contribution is 6.30. The van der Waals surface area contributed by atoms with Crippen molar-refractivity contribution in [1.82, 2.24) is 14.9 Å². The minimum atomic E-state index is -0.225. The highest BCUT2D eigenvalue weighted by atomic mass is 35.5. The van der Waals surface area contributed by atoms with Crippen molar-refractivity contribution in [1.29, 1.82) is 0 Å². The zero-order valence-electron chi connectivity index (χ0n) is 15.2. The van der Waals surface area contributed by atoms with Crippen molar-refractivity contribution in [3.05, 3.63) is 16.5 Å². The highest BCUT2D eigenvalue weighted by Crippen LogP contribution is 2.27. The minimum Gasteiger partial charge on any atom is -0.383 e. The molecule has 1 aromatic rings. The summed E-state index contributed by atoms with van der Waals surface area (Å²) in [4.78, 5) is 33.8. The number of Topliss-reactive ketones (excluding diaryl/α,β-unsaturated/α-hetero) is 1. The van der Waals surface area contributed by atoms with Crippen LogP contribution in [0.1, 0.15) is 50.9 Å². The molecule has 1 atom stereocenters. The van der Waals surface area contributed by atoms with E-state index in [1.807, 2.05) is 11.8 Å². The molecule has 0 spiro atoms. The summed E-state index contributed by atoms with van der Waals surface area (Å²) >= 11 is 6.18. The van der Waals surface area contributed by atoms with Gasteiger partial charge in [-0.05, 0) is 45.4 Å². The number of piperidine rings is 1. The van der Waals surface area contributed by atoms with E-state index in [4.69, 9.17) is 17.3 Å². The Hall–Kier alpha value is -1.69. The first-order valence-corrected chi connectivity index (χ1v) is 9.22. The van der Waals surface area contributed by atoms with Crippen LogP contribution in [0.25, 0.3) is 0 Å². The average Bonchev–Trinajstić information content (AvgIpc) is 2.53. The van der Waals surface area contributed by atoms with Crippen LogP contribution in [0.4, 0.5) is 5.82 Å². The van der Waals surface area contributed by atoms with Crippen LogP contribution >= 0.6 is 11.6 Å². The van der Waals surface area contributed by atoms with Crippen molar-refractivity contribution >= 4 is 29.1 Å². The molecule has 1 aromatic heterocycles. The van der Waals surface area contributed by atoms with E-state index >= 15 is 0 Å². The Morgan fingerprint density at radius 3 is 2.52 bits per heavy atom. The topological polar surface area (TPSA) is 89.2 Å². The van der Waals surface area contributed by atoms with Gasteiger partial charge in [0.2, 0.25) is 5.91 Å². The molecule has 1 aliphatic heterocycles. The van der Waals surface area contributed by atoms with Crippen LogP contribution in [0.15, 0.2) is 0 Å². The smallest absolute Gasteiger partial charge is 0.225 e. The Morgan fingerprint density at radius 1 is 1.32 bits per heavy atom. The lowest BCUT2D eigenvalue weighted by Gasteiger charge is -2.33. The van der Waals surface area contributed by atoms with Gasteiger partial charge in [-0.3, -0.25) is 4.79 Å². The van der Waals surface area contributed by atoms with Crippen molar-refractivity contribution in [2.75, 3.05) is 18.8 Å². The minimum absolute atomic E-state index is 0.0607. The number of hydrogen-bond acceptors (Lipinski definition) is 5. The highest BCUT2D eigenvalue weighted by Gasteiger charge is 2.26. The zero-order valence-corrected chi connectivity index (χ0v) is 16.0. The number of hydrogen-bond donors (Lipinski definition) is 1. The van der Waals surface area contributed by atoms with Crippen LogP contribution in [0.3, 0.4) is 0 Å². The number of aromatic nitrogens is 2. The van der Waals surface area contributed by atoms with Crippen molar-refractivity contribution in [2.45, 2.75) is 52.9 Å². The third kappa shape index (κ3) is 5.39. The average molecular weight is 367 g/mol. The van der Waals surface area contributed by atoms with Crippen molar-refractivity contribution in [3.8, 4) is 0 Å². The quantitative estimate of drug-likeness (QED) is 0.782. The summed E-state index contributed by atoms with van der Waals surface area (Å²) in [5.74, 6) is 1.50. The van der Waals surface area contributed by atoms with Crippen LogP contribution in [0.2, 0.25) is 5.15 Å². The van der Waals surface area contributed by atoms with E-state index in [1.165, 1.54) is 6.92 Å².